The predicted molar refractivity (Wildman–Crippen MR) is 101 cm³/mol. The van der Waals surface area contributed by atoms with Gasteiger partial charge in [-0.25, -0.2) is 0 Å². The van der Waals surface area contributed by atoms with Gasteiger partial charge < -0.3 is 0 Å². The zero-order valence-electron chi connectivity index (χ0n) is 14.5. The van der Waals surface area contributed by atoms with Crippen LogP contribution in [0.2, 0.25) is 0 Å². The summed E-state index contributed by atoms with van der Waals surface area (Å²) < 4.78 is 0. The van der Waals surface area contributed by atoms with E-state index in [2.05, 4.69) is 31.0 Å². The molecule has 3 heteroatoms. The highest BCUT2D eigenvalue weighted by atomic mass is 16.1. The predicted octanol–water partition coefficient (Wildman–Crippen LogP) is 4.63. The van der Waals surface area contributed by atoms with Gasteiger partial charge in [0.1, 0.15) is 5.69 Å². The fourth-order valence-electron chi connectivity index (χ4n) is 3.60. The molecule has 3 nitrogen and oxygen atoms in total. The van der Waals surface area contributed by atoms with Crippen molar-refractivity contribution in [3.05, 3.63) is 77.6 Å². The van der Waals surface area contributed by atoms with Crippen LogP contribution in [0.4, 0.5) is 0 Å². The van der Waals surface area contributed by atoms with E-state index in [1.165, 1.54) is 5.56 Å². The molecule has 1 aliphatic heterocycles. The Hall–Kier alpha value is -2.81. The molecule has 124 valence electrons. The fourth-order valence-corrected chi connectivity index (χ4v) is 3.60. The number of rotatable bonds is 3. The van der Waals surface area contributed by atoms with Gasteiger partial charge >= 0.3 is 0 Å². The van der Waals surface area contributed by atoms with Gasteiger partial charge in [0.15, 0.2) is 5.78 Å². The van der Waals surface area contributed by atoms with Gasteiger partial charge in [0.05, 0.1) is 17.7 Å². The topological polar surface area (TPSA) is 42.3 Å². The second kappa shape index (κ2) is 5.92. The van der Waals surface area contributed by atoms with Crippen molar-refractivity contribution in [2.45, 2.75) is 32.2 Å². The number of hydrogen-bond acceptors (Lipinski definition) is 3. The number of nitrogens with zero attached hydrogens (tertiary/aromatic N) is 2. The molecule has 0 N–H and O–H groups in total. The van der Waals surface area contributed by atoms with Gasteiger partial charge in [-0.1, -0.05) is 48.5 Å². The molecule has 0 unspecified atom stereocenters. The highest BCUT2D eigenvalue weighted by Gasteiger charge is 2.28. The Morgan fingerprint density at radius 1 is 1.04 bits per heavy atom. The lowest BCUT2D eigenvalue weighted by molar-refractivity contribution is 0.0997. The summed E-state index contributed by atoms with van der Waals surface area (Å²) in [6, 6.07) is 18.1. The normalized spacial score (nSPS) is 15.5. The van der Waals surface area contributed by atoms with Gasteiger partial charge in [0.2, 0.25) is 0 Å². The van der Waals surface area contributed by atoms with Gasteiger partial charge in [-0.3, -0.25) is 14.8 Å². The smallest absolute Gasteiger partial charge is 0.187 e. The molecular weight excluding hydrogens is 308 g/mol. The molecule has 0 spiro atoms. The first kappa shape index (κ1) is 15.7. The molecule has 1 aromatic heterocycles. The number of hydrogen-bond donors (Lipinski definition) is 0. The van der Waals surface area contributed by atoms with Crippen molar-refractivity contribution in [2.24, 2.45) is 4.99 Å². The number of ketones is 1. The van der Waals surface area contributed by atoms with Crippen LogP contribution in [0.15, 0.2) is 65.8 Å². The van der Waals surface area contributed by atoms with E-state index in [0.717, 1.165) is 28.5 Å². The van der Waals surface area contributed by atoms with Gasteiger partial charge in [-0.15, -0.1) is 0 Å². The summed E-state index contributed by atoms with van der Waals surface area (Å²) >= 11 is 0. The minimum absolute atomic E-state index is 0.0167. The molecule has 0 radical (unpaired) electrons. The molecule has 0 saturated heterocycles. The van der Waals surface area contributed by atoms with E-state index < -0.39 is 0 Å². The lowest BCUT2D eigenvalue weighted by atomic mass is 9.85. The molecule has 3 aromatic rings. The summed E-state index contributed by atoms with van der Waals surface area (Å²) in [6.07, 6.45) is 2.88. The van der Waals surface area contributed by atoms with Crippen molar-refractivity contribution in [3.63, 3.8) is 0 Å². The molecule has 2 aromatic carbocycles. The summed E-state index contributed by atoms with van der Waals surface area (Å²) in [5.41, 5.74) is 3.57. The first-order valence-corrected chi connectivity index (χ1v) is 8.57. The minimum Gasteiger partial charge on any atom is -0.292 e. The number of carbonyl (C=O) groups excluding carboxylic acids is 1. The van der Waals surface area contributed by atoms with Crippen LogP contribution < -0.4 is 0 Å². The lowest BCUT2D eigenvalue weighted by Gasteiger charge is -2.28. The van der Waals surface area contributed by atoms with Crippen molar-refractivity contribution < 1.29 is 4.79 Å². The molecule has 2 heterocycles. The van der Waals surface area contributed by atoms with Crippen LogP contribution in [-0.4, -0.2) is 22.0 Å². The van der Waals surface area contributed by atoms with Crippen molar-refractivity contribution in [2.75, 3.05) is 0 Å². The summed E-state index contributed by atoms with van der Waals surface area (Å²) in [4.78, 5) is 22.2. The monoisotopic (exact) mass is 328 g/mol. The van der Waals surface area contributed by atoms with Crippen molar-refractivity contribution in [1.29, 1.82) is 0 Å². The minimum atomic E-state index is -0.184. The number of fused-ring (bicyclic) bond motifs is 2. The van der Waals surface area contributed by atoms with Crippen LogP contribution in [0, 0.1) is 0 Å². The number of aromatic nitrogens is 1. The van der Waals surface area contributed by atoms with E-state index in [4.69, 9.17) is 4.99 Å². The average molecular weight is 328 g/mol. The zero-order valence-corrected chi connectivity index (χ0v) is 14.5. The van der Waals surface area contributed by atoms with Crippen molar-refractivity contribution in [1.82, 2.24) is 4.98 Å². The number of benzene rings is 2. The maximum Gasteiger partial charge on any atom is 0.187 e. The Morgan fingerprint density at radius 2 is 1.80 bits per heavy atom. The number of aliphatic imine (C=N–C) groups is 1. The Kier molecular flexibility index (Phi) is 3.72. The summed E-state index contributed by atoms with van der Waals surface area (Å²) in [5.74, 6) is 0.0167. The van der Waals surface area contributed by atoms with E-state index in [1.807, 2.05) is 42.5 Å². The van der Waals surface area contributed by atoms with Gasteiger partial charge in [-0.05, 0) is 42.8 Å². The number of pyridine rings is 1. The molecule has 0 amide bonds. The van der Waals surface area contributed by atoms with Crippen LogP contribution in [0.25, 0.3) is 10.8 Å². The van der Waals surface area contributed by atoms with Crippen LogP contribution in [0.3, 0.4) is 0 Å². The van der Waals surface area contributed by atoms with E-state index in [9.17, 15) is 4.79 Å². The Morgan fingerprint density at radius 3 is 2.68 bits per heavy atom. The highest BCUT2D eigenvalue weighted by molar-refractivity contribution is 6.19. The first-order valence-electron chi connectivity index (χ1n) is 8.57. The molecule has 0 fully saturated rings. The Labute approximate surface area is 147 Å². The highest BCUT2D eigenvalue weighted by Crippen LogP contribution is 2.28. The standard InChI is InChI=1S/C22H20N2O/c1-22(2)14-16-8-4-5-9-17(16)19(24-22)13-20(25)21-18-10-6-3-7-15(18)11-12-23-21/h3-12H,13-14H2,1-2H3. The largest absolute Gasteiger partial charge is 0.292 e. The first-order chi connectivity index (χ1) is 12.0. The zero-order chi connectivity index (χ0) is 17.4. The third-order valence-electron chi connectivity index (χ3n) is 4.65. The molecule has 0 saturated carbocycles. The number of carbonyl (C=O) groups is 1. The molecule has 25 heavy (non-hydrogen) atoms. The number of Topliss-reactive ketones (excluding diaryl/α,β-unsaturated/α-hetero) is 1. The van der Waals surface area contributed by atoms with Gasteiger partial charge in [-0.2, -0.15) is 0 Å². The third-order valence-corrected chi connectivity index (χ3v) is 4.65. The van der Waals surface area contributed by atoms with Crippen LogP contribution in [-0.2, 0) is 6.42 Å². The van der Waals surface area contributed by atoms with Crippen LogP contribution in [0.1, 0.15) is 41.9 Å². The van der Waals surface area contributed by atoms with Crippen LogP contribution >= 0.6 is 0 Å². The maximum atomic E-state index is 13.0. The fraction of sp³-hybridized carbons (Fsp3) is 0.227. The van der Waals surface area contributed by atoms with E-state index >= 15 is 0 Å². The van der Waals surface area contributed by atoms with Crippen molar-refractivity contribution >= 4 is 22.3 Å². The van der Waals surface area contributed by atoms with Crippen molar-refractivity contribution in [3.8, 4) is 0 Å². The molecule has 0 bridgehead atoms. The molecule has 0 atom stereocenters. The second-order valence-electron chi connectivity index (χ2n) is 7.19. The summed E-state index contributed by atoms with van der Waals surface area (Å²) in [7, 11) is 0. The maximum absolute atomic E-state index is 13.0. The summed E-state index contributed by atoms with van der Waals surface area (Å²) in [5, 5.41) is 1.94. The summed E-state index contributed by atoms with van der Waals surface area (Å²) in [6.45, 7) is 4.23. The Balaban J connectivity index is 1.74. The van der Waals surface area contributed by atoms with Gasteiger partial charge in [0.25, 0.3) is 0 Å². The Bertz CT molecular complexity index is 996. The molecule has 0 aliphatic carbocycles. The average Bonchev–Trinajstić information content (AvgIpc) is 2.60. The lowest BCUT2D eigenvalue weighted by Crippen LogP contribution is -2.30. The SMILES string of the molecule is CC1(C)Cc2ccccc2C(CC(=O)c2nccc3ccccc23)=N1. The van der Waals surface area contributed by atoms with Gasteiger partial charge in [0, 0.05) is 11.6 Å². The van der Waals surface area contributed by atoms with E-state index in [1.54, 1.807) is 6.20 Å². The molecule has 4 rings (SSSR count). The molecular formula is C22H20N2O. The quantitative estimate of drug-likeness (QED) is 0.658. The second-order valence-corrected chi connectivity index (χ2v) is 7.19. The molecule has 1 aliphatic rings. The van der Waals surface area contributed by atoms with E-state index in [-0.39, 0.29) is 17.7 Å². The van der Waals surface area contributed by atoms with Crippen LogP contribution in [0.5, 0.6) is 0 Å². The third kappa shape index (κ3) is 2.98. The van der Waals surface area contributed by atoms with E-state index in [0.29, 0.717) is 5.69 Å².